The summed E-state index contributed by atoms with van der Waals surface area (Å²) in [4.78, 5) is 4.49. The summed E-state index contributed by atoms with van der Waals surface area (Å²) < 4.78 is 0. The predicted octanol–water partition coefficient (Wildman–Crippen LogP) is 0.900. The summed E-state index contributed by atoms with van der Waals surface area (Å²) in [5, 5.41) is 11.6. The number of aryl methyl sites for hydroxylation is 2. The lowest BCUT2D eigenvalue weighted by Gasteiger charge is -2.15. The molecule has 0 aromatic carbocycles. The molecule has 0 amide bonds. The van der Waals surface area contributed by atoms with Crippen molar-refractivity contribution < 1.29 is 0 Å². The monoisotopic (exact) mass is 221 g/mol. The molecule has 5 heteroatoms. The third kappa shape index (κ3) is 2.14. The summed E-state index contributed by atoms with van der Waals surface area (Å²) in [5.41, 5.74) is 7.77. The first-order chi connectivity index (χ1) is 7.73. The van der Waals surface area contributed by atoms with Crippen LogP contribution < -0.4 is 11.1 Å². The van der Waals surface area contributed by atoms with E-state index >= 15 is 0 Å². The molecule has 0 unspecified atom stereocenters. The normalized spacial score (nSPS) is 17.2. The van der Waals surface area contributed by atoms with Crippen LogP contribution in [0.1, 0.15) is 38.1 Å². The van der Waals surface area contributed by atoms with E-state index in [0.717, 1.165) is 37.1 Å². The van der Waals surface area contributed by atoms with Crippen LogP contribution in [0.2, 0.25) is 0 Å². The molecular formula is C11H19N5. The Morgan fingerprint density at radius 1 is 1.19 bits per heavy atom. The van der Waals surface area contributed by atoms with Gasteiger partial charge in [0.25, 0.3) is 0 Å². The lowest BCUT2D eigenvalue weighted by Crippen LogP contribution is -2.32. The number of anilines is 1. The third-order valence-electron chi connectivity index (χ3n) is 3.13. The number of rotatable bonds is 5. The Hall–Kier alpha value is -1.23. The molecule has 3 N–H and O–H groups in total. The van der Waals surface area contributed by atoms with Crippen LogP contribution in [0.4, 0.5) is 5.95 Å². The molecule has 0 aliphatic heterocycles. The molecule has 0 saturated heterocycles. The minimum absolute atomic E-state index is 0.0421. The van der Waals surface area contributed by atoms with Crippen LogP contribution in [0.5, 0.6) is 0 Å². The van der Waals surface area contributed by atoms with Crippen molar-refractivity contribution in [1.82, 2.24) is 15.2 Å². The molecule has 1 aliphatic rings. The van der Waals surface area contributed by atoms with Crippen LogP contribution in [0.25, 0.3) is 0 Å². The largest absolute Gasteiger partial charge is 0.346 e. The first-order valence-corrected chi connectivity index (χ1v) is 5.93. The lowest BCUT2D eigenvalue weighted by molar-refractivity contribution is 0.714. The van der Waals surface area contributed by atoms with Crippen LogP contribution in [-0.2, 0) is 12.8 Å². The van der Waals surface area contributed by atoms with Crippen LogP contribution >= 0.6 is 0 Å². The molecule has 0 bridgehead atoms. The number of nitrogens with zero attached hydrogens (tertiary/aromatic N) is 3. The SMILES string of the molecule is CCc1nnc(NC2(CN)CC2)nc1CC. The number of hydrogen-bond acceptors (Lipinski definition) is 5. The molecule has 1 aliphatic carbocycles. The highest BCUT2D eigenvalue weighted by Gasteiger charge is 2.42. The highest BCUT2D eigenvalue weighted by molar-refractivity contribution is 5.34. The average Bonchev–Trinajstić information content (AvgIpc) is 3.09. The van der Waals surface area contributed by atoms with Gasteiger partial charge in [0.15, 0.2) is 0 Å². The van der Waals surface area contributed by atoms with Crippen molar-refractivity contribution in [3.63, 3.8) is 0 Å². The van der Waals surface area contributed by atoms with E-state index < -0.39 is 0 Å². The maximum atomic E-state index is 5.70. The highest BCUT2D eigenvalue weighted by atomic mass is 15.3. The molecule has 0 atom stereocenters. The molecule has 1 fully saturated rings. The van der Waals surface area contributed by atoms with Crippen LogP contribution in [-0.4, -0.2) is 27.3 Å². The van der Waals surface area contributed by atoms with Crippen LogP contribution in [0, 0.1) is 0 Å². The molecule has 1 saturated carbocycles. The molecule has 1 aromatic rings. The standard InChI is InChI=1S/C11H19N5/c1-3-8-9(4-2)15-16-10(13-8)14-11(7-12)5-6-11/h3-7,12H2,1-2H3,(H,13,14,16). The zero-order valence-electron chi connectivity index (χ0n) is 9.95. The first-order valence-electron chi connectivity index (χ1n) is 5.93. The summed E-state index contributed by atoms with van der Waals surface area (Å²) in [6.07, 6.45) is 3.97. The highest BCUT2D eigenvalue weighted by Crippen LogP contribution is 2.36. The van der Waals surface area contributed by atoms with E-state index in [2.05, 4.69) is 34.3 Å². The fraction of sp³-hybridized carbons (Fsp3) is 0.727. The summed E-state index contributed by atoms with van der Waals surface area (Å²) >= 11 is 0. The molecule has 2 rings (SSSR count). The molecule has 5 nitrogen and oxygen atoms in total. The van der Waals surface area contributed by atoms with Crippen molar-refractivity contribution in [2.24, 2.45) is 5.73 Å². The third-order valence-corrected chi connectivity index (χ3v) is 3.13. The van der Waals surface area contributed by atoms with E-state index in [9.17, 15) is 0 Å². The zero-order valence-corrected chi connectivity index (χ0v) is 9.95. The molecule has 0 radical (unpaired) electrons. The van der Waals surface area contributed by atoms with Gasteiger partial charge in [-0.2, -0.15) is 5.10 Å². The number of hydrogen-bond donors (Lipinski definition) is 2. The van der Waals surface area contributed by atoms with E-state index in [-0.39, 0.29) is 5.54 Å². The summed E-state index contributed by atoms with van der Waals surface area (Å²) in [5.74, 6) is 0.622. The molecular weight excluding hydrogens is 202 g/mol. The van der Waals surface area contributed by atoms with E-state index in [1.807, 2.05) is 0 Å². The average molecular weight is 221 g/mol. The van der Waals surface area contributed by atoms with Crippen molar-refractivity contribution in [1.29, 1.82) is 0 Å². The van der Waals surface area contributed by atoms with Crippen molar-refractivity contribution >= 4 is 5.95 Å². The smallest absolute Gasteiger partial charge is 0.243 e. The summed E-state index contributed by atoms with van der Waals surface area (Å²) in [7, 11) is 0. The summed E-state index contributed by atoms with van der Waals surface area (Å²) in [6, 6.07) is 0. The molecule has 88 valence electrons. The fourth-order valence-corrected chi connectivity index (χ4v) is 1.76. The van der Waals surface area contributed by atoms with E-state index in [1.165, 1.54) is 0 Å². The van der Waals surface area contributed by atoms with Crippen molar-refractivity contribution in [3.8, 4) is 0 Å². The van der Waals surface area contributed by atoms with E-state index in [0.29, 0.717) is 12.5 Å². The quantitative estimate of drug-likeness (QED) is 0.772. The predicted molar refractivity (Wildman–Crippen MR) is 63.2 cm³/mol. The van der Waals surface area contributed by atoms with Gasteiger partial charge in [-0.3, -0.25) is 0 Å². The second kappa shape index (κ2) is 4.33. The number of nitrogens with two attached hydrogens (primary N) is 1. The molecule has 1 aromatic heterocycles. The van der Waals surface area contributed by atoms with Gasteiger partial charge in [-0.05, 0) is 25.7 Å². The Morgan fingerprint density at radius 2 is 1.88 bits per heavy atom. The zero-order chi connectivity index (χ0) is 11.6. The van der Waals surface area contributed by atoms with Gasteiger partial charge >= 0.3 is 0 Å². The molecule has 0 spiro atoms. The Kier molecular flexibility index (Phi) is 3.05. The van der Waals surface area contributed by atoms with Crippen LogP contribution in [0.3, 0.4) is 0 Å². The molecule has 16 heavy (non-hydrogen) atoms. The maximum Gasteiger partial charge on any atom is 0.243 e. The van der Waals surface area contributed by atoms with Gasteiger partial charge in [0.1, 0.15) is 0 Å². The van der Waals surface area contributed by atoms with E-state index in [4.69, 9.17) is 5.73 Å². The first kappa shape index (κ1) is 11.3. The molecule has 1 heterocycles. The van der Waals surface area contributed by atoms with Gasteiger partial charge < -0.3 is 11.1 Å². The van der Waals surface area contributed by atoms with Gasteiger partial charge in [0.05, 0.1) is 16.9 Å². The topological polar surface area (TPSA) is 76.7 Å². The van der Waals surface area contributed by atoms with Gasteiger partial charge in [-0.1, -0.05) is 13.8 Å². The van der Waals surface area contributed by atoms with Crippen molar-refractivity contribution in [2.45, 2.75) is 45.1 Å². The fourth-order valence-electron chi connectivity index (χ4n) is 1.76. The van der Waals surface area contributed by atoms with Crippen LogP contribution in [0.15, 0.2) is 0 Å². The van der Waals surface area contributed by atoms with Gasteiger partial charge in [-0.25, -0.2) is 4.98 Å². The Morgan fingerprint density at radius 3 is 2.38 bits per heavy atom. The number of nitrogens with one attached hydrogen (secondary N) is 1. The van der Waals surface area contributed by atoms with Gasteiger partial charge in [-0.15, -0.1) is 5.10 Å². The number of aromatic nitrogens is 3. The van der Waals surface area contributed by atoms with E-state index in [1.54, 1.807) is 0 Å². The maximum absolute atomic E-state index is 5.70. The minimum Gasteiger partial charge on any atom is -0.346 e. The minimum atomic E-state index is 0.0421. The van der Waals surface area contributed by atoms with Crippen molar-refractivity contribution in [3.05, 3.63) is 11.4 Å². The summed E-state index contributed by atoms with van der Waals surface area (Å²) in [6.45, 7) is 4.79. The second-order valence-corrected chi connectivity index (χ2v) is 4.35. The lowest BCUT2D eigenvalue weighted by atomic mass is 10.2. The Labute approximate surface area is 95.9 Å². The Bertz CT molecular complexity index is 373. The van der Waals surface area contributed by atoms with Crippen molar-refractivity contribution in [2.75, 3.05) is 11.9 Å². The Balaban J connectivity index is 2.16. The second-order valence-electron chi connectivity index (χ2n) is 4.35. The van der Waals surface area contributed by atoms with Gasteiger partial charge in [0.2, 0.25) is 5.95 Å². The van der Waals surface area contributed by atoms with Gasteiger partial charge in [0, 0.05) is 6.54 Å².